The molecular weight excluding hydrogens is 554 g/mol. The van der Waals surface area contributed by atoms with Crippen molar-refractivity contribution in [3.05, 3.63) is 42.2 Å². The molecule has 3 N–H and O–H groups in total. The summed E-state index contributed by atoms with van der Waals surface area (Å²) in [7, 11) is 0. The first-order chi connectivity index (χ1) is 21.3. The Hall–Kier alpha value is -3.40. The number of fused-ring (bicyclic) bond motifs is 1. The third-order valence-electron chi connectivity index (χ3n) is 8.88. The molecule has 2 amide bonds. The van der Waals surface area contributed by atoms with Crippen LogP contribution < -0.4 is 10.6 Å². The number of amides is 2. The monoisotopic (exact) mass is 605 g/mol. The van der Waals surface area contributed by atoms with E-state index < -0.39 is 12.1 Å². The Labute approximate surface area is 261 Å². The summed E-state index contributed by atoms with van der Waals surface area (Å²) in [5, 5.41) is 26.5. The summed E-state index contributed by atoms with van der Waals surface area (Å²) in [4.78, 5) is 35.7. The van der Waals surface area contributed by atoms with Crippen molar-refractivity contribution in [1.82, 2.24) is 35.2 Å². The molecule has 1 fully saturated rings. The van der Waals surface area contributed by atoms with Crippen LogP contribution in [0.4, 0.5) is 0 Å². The first-order valence-electron chi connectivity index (χ1n) is 16.7. The zero-order valence-corrected chi connectivity index (χ0v) is 27.0. The number of pyridine rings is 1. The van der Waals surface area contributed by atoms with E-state index in [2.05, 4.69) is 39.7 Å². The number of nitrogens with one attached hydrogen (secondary N) is 2. The third kappa shape index (κ3) is 9.06. The highest BCUT2D eigenvalue weighted by molar-refractivity contribution is 5.79. The van der Waals surface area contributed by atoms with Crippen molar-refractivity contribution in [1.29, 1.82) is 0 Å². The first-order valence-corrected chi connectivity index (χ1v) is 16.7. The van der Waals surface area contributed by atoms with Crippen LogP contribution in [0.15, 0.2) is 30.7 Å². The van der Waals surface area contributed by atoms with Crippen molar-refractivity contribution in [2.75, 3.05) is 6.54 Å². The minimum absolute atomic E-state index is 0.0161. The Morgan fingerprint density at radius 3 is 2.59 bits per heavy atom. The Kier molecular flexibility index (Phi) is 12.6. The van der Waals surface area contributed by atoms with Crippen LogP contribution in [0.1, 0.15) is 103 Å². The van der Waals surface area contributed by atoms with Crippen molar-refractivity contribution in [2.45, 2.75) is 117 Å². The normalized spacial score (nSPS) is 16.1. The maximum Gasteiger partial charge on any atom is 0.227 e. The molecule has 10 heteroatoms. The van der Waals surface area contributed by atoms with Gasteiger partial charge in [0, 0.05) is 36.6 Å². The fourth-order valence-corrected chi connectivity index (χ4v) is 6.30. The fraction of sp³-hybridized carbons (Fsp3) is 0.647. The number of carbonyl (C=O) groups is 2. The van der Waals surface area contributed by atoms with Gasteiger partial charge in [-0.25, -0.2) is 4.98 Å². The molecular formula is C34H51N7O3. The van der Waals surface area contributed by atoms with Gasteiger partial charge in [-0.05, 0) is 49.7 Å². The summed E-state index contributed by atoms with van der Waals surface area (Å²) in [6, 6.07) is 3.38. The van der Waals surface area contributed by atoms with E-state index in [-0.39, 0.29) is 30.1 Å². The topological polar surface area (TPSA) is 134 Å². The van der Waals surface area contributed by atoms with Crippen molar-refractivity contribution >= 4 is 17.5 Å². The van der Waals surface area contributed by atoms with Crippen LogP contribution in [0, 0.1) is 17.8 Å². The molecule has 0 aliphatic heterocycles. The molecule has 0 saturated heterocycles. The van der Waals surface area contributed by atoms with Crippen LogP contribution >= 0.6 is 0 Å². The predicted molar refractivity (Wildman–Crippen MR) is 172 cm³/mol. The van der Waals surface area contributed by atoms with Gasteiger partial charge in [0.25, 0.3) is 0 Å². The molecule has 44 heavy (non-hydrogen) atoms. The zero-order valence-electron chi connectivity index (χ0n) is 27.0. The van der Waals surface area contributed by atoms with Crippen molar-refractivity contribution in [3.8, 4) is 11.3 Å². The van der Waals surface area contributed by atoms with E-state index in [0.29, 0.717) is 36.8 Å². The van der Waals surface area contributed by atoms with Crippen molar-refractivity contribution in [2.24, 2.45) is 17.8 Å². The number of carbonyl (C=O) groups excluding carboxylic acids is 2. The number of hydrogen-bond acceptors (Lipinski definition) is 7. The molecule has 3 aromatic rings. The summed E-state index contributed by atoms with van der Waals surface area (Å²) in [6.07, 6.45) is 14.9. The smallest absolute Gasteiger partial charge is 0.227 e. The van der Waals surface area contributed by atoms with Gasteiger partial charge in [0.15, 0.2) is 5.65 Å². The van der Waals surface area contributed by atoms with Crippen LogP contribution in [0.5, 0.6) is 0 Å². The lowest BCUT2D eigenvalue weighted by molar-refractivity contribution is -0.127. The maximum atomic E-state index is 13.6. The third-order valence-corrected chi connectivity index (χ3v) is 8.88. The molecule has 3 aromatic heterocycles. The van der Waals surface area contributed by atoms with Gasteiger partial charge in [-0.15, -0.1) is 10.2 Å². The van der Waals surface area contributed by atoms with E-state index in [1.807, 2.05) is 36.6 Å². The molecule has 1 aliphatic rings. The molecule has 0 bridgehead atoms. The summed E-state index contributed by atoms with van der Waals surface area (Å²) < 4.78 is 1.86. The highest BCUT2D eigenvalue weighted by Gasteiger charge is 2.32. The second kappa shape index (κ2) is 16.6. The maximum absolute atomic E-state index is 13.6. The Morgan fingerprint density at radius 2 is 1.91 bits per heavy atom. The van der Waals surface area contributed by atoms with E-state index in [1.54, 1.807) is 12.4 Å². The van der Waals surface area contributed by atoms with Gasteiger partial charge in [0.2, 0.25) is 11.8 Å². The standard InChI is InChI=1S/C34H51N7O3/c1-5-7-17-36-34(44)26(23(3)4)19-30(42)28(18-24-13-9-8-10-14-24)38-32(43)20-31-39-40-33-27(12-6-2)37-29(22-41(31)33)25-15-11-16-35-21-25/h11,15-16,21-24,26,28,30,42H,5-10,12-14,17-20H2,1-4H3,(H,36,44)(H,38,43). The van der Waals surface area contributed by atoms with E-state index in [9.17, 15) is 14.7 Å². The van der Waals surface area contributed by atoms with Crippen LogP contribution in [0.3, 0.4) is 0 Å². The Morgan fingerprint density at radius 1 is 1.11 bits per heavy atom. The van der Waals surface area contributed by atoms with Crippen LogP contribution in [-0.2, 0) is 22.4 Å². The van der Waals surface area contributed by atoms with E-state index in [0.717, 1.165) is 55.5 Å². The highest BCUT2D eigenvalue weighted by atomic mass is 16.3. The number of aliphatic hydroxyl groups is 1. The molecule has 4 rings (SSSR count). The molecule has 10 nitrogen and oxygen atoms in total. The first kappa shape index (κ1) is 33.5. The lowest BCUT2D eigenvalue weighted by Crippen LogP contribution is -2.47. The molecule has 240 valence electrons. The summed E-state index contributed by atoms with van der Waals surface area (Å²) in [5.41, 5.74) is 3.11. The Bertz CT molecular complexity index is 1340. The number of aromatic nitrogens is 5. The SMILES string of the molecule is CCCCNC(=O)C(CC(O)C(CC1CCCCC1)NC(=O)Cc1nnc2c(CCC)nc(-c3cccnc3)cn12)C(C)C. The second-order valence-electron chi connectivity index (χ2n) is 12.8. The van der Waals surface area contributed by atoms with E-state index in [1.165, 1.54) is 19.3 Å². The average molecular weight is 606 g/mol. The summed E-state index contributed by atoms with van der Waals surface area (Å²) in [6.45, 7) is 8.86. The van der Waals surface area contributed by atoms with Gasteiger partial charge in [0.1, 0.15) is 5.82 Å². The van der Waals surface area contributed by atoms with Gasteiger partial charge in [-0.1, -0.05) is 72.6 Å². The number of hydrogen-bond donors (Lipinski definition) is 3. The van der Waals surface area contributed by atoms with Crippen LogP contribution in [0.2, 0.25) is 0 Å². The molecule has 0 aromatic carbocycles. The van der Waals surface area contributed by atoms with Gasteiger partial charge in [-0.2, -0.15) is 0 Å². The van der Waals surface area contributed by atoms with Crippen molar-refractivity contribution in [3.63, 3.8) is 0 Å². The number of aliphatic hydroxyl groups excluding tert-OH is 1. The van der Waals surface area contributed by atoms with Gasteiger partial charge >= 0.3 is 0 Å². The van der Waals surface area contributed by atoms with Crippen LogP contribution in [0.25, 0.3) is 16.9 Å². The lowest BCUT2D eigenvalue weighted by Gasteiger charge is -2.32. The number of nitrogens with zero attached hydrogens (tertiary/aromatic N) is 5. The quantitative estimate of drug-likeness (QED) is 0.194. The number of unbranched alkanes of at least 4 members (excludes halogenated alkanes) is 1. The molecule has 3 atom stereocenters. The minimum atomic E-state index is -0.835. The Balaban J connectivity index is 1.53. The van der Waals surface area contributed by atoms with Gasteiger partial charge in [0.05, 0.1) is 30.0 Å². The number of rotatable bonds is 16. The summed E-state index contributed by atoms with van der Waals surface area (Å²) in [5.74, 6) is 0.459. The highest BCUT2D eigenvalue weighted by Crippen LogP contribution is 2.30. The van der Waals surface area contributed by atoms with E-state index >= 15 is 0 Å². The van der Waals surface area contributed by atoms with E-state index in [4.69, 9.17) is 4.98 Å². The molecule has 3 heterocycles. The minimum Gasteiger partial charge on any atom is -0.391 e. The van der Waals surface area contributed by atoms with Crippen molar-refractivity contribution < 1.29 is 14.7 Å². The zero-order chi connectivity index (χ0) is 31.5. The molecule has 0 spiro atoms. The number of aryl methyl sites for hydroxylation is 1. The van der Waals surface area contributed by atoms with Gasteiger partial charge < -0.3 is 15.7 Å². The lowest BCUT2D eigenvalue weighted by atomic mass is 9.81. The molecule has 0 radical (unpaired) electrons. The largest absolute Gasteiger partial charge is 0.391 e. The summed E-state index contributed by atoms with van der Waals surface area (Å²) >= 11 is 0. The van der Waals surface area contributed by atoms with Crippen LogP contribution in [-0.4, -0.2) is 60.2 Å². The molecule has 1 saturated carbocycles. The molecule has 3 unspecified atom stereocenters. The molecule has 1 aliphatic carbocycles. The predicted octanol–water partition coefficient (Wildman–Crippen LogP) is 5.08. The average Bonchev–Trinajstić information content (AvgIpc) is 3.42. The van der Waals surface area contributed by atoms with Gasteiger partial charge in [-0.3, -0.25) is 19.0 Å². The fourth-order valence-electron chi connectivity index (χ4n) is 6.30. The second-order valence-corrected chi connectivity index (χ2v) is 12.8.